The molecule has 672 valence electrons. The lowest BCUT2D eigenvalue weighted by Gasteiger charge is -2.47. The average Bonchev–Trinajstić information content (AvgIpc) is 0.652. The molecule has 12 unspecified atom stereocenters. The van der Waals surface area contributed by atoms with E-state index in [2.05, 4.69) is 0 Å². The largest absolute Gasteiger partial charge is 0.493 e. The number of hydrogen-bond acceptors (Lipinski definition) is 24. The third-order valence-corrected chi connectivity index (χ3v) is 18.9. The van der Waals surface area contributed by atoms with E-state index in [-0.39, 0.29) is 19.6 Å². The molecule has 0 spiro atoms. The van der Waals surface area contributed by atoms with Gasteiger partial charge >= 0.3 is 23.9 Å². The first-order valence-electron chi connectivity index (χ1n) is 66.2. The van der Waals surface area contributed by atoms with E-state index in [9.17, 15) is 46.6 Å². The number of nitrogens with zero attached hydrogens (tertiary/aromatic N) is 4. The van der Waals surface area contributed by atoms with Crippen molar-refractivity contribution >= 4 is 23.9 Å². The second kappa shape index (κ2) is 43.9. The minimum atomic E-state index is -3.75. The number of fused-ring (bicyclic) bond motifs is 12. The summed E-state index contributed by atoms with van der Waals surface area (Å²) in [6.45, 7) is -3.39. The summed E-state index contributed by atoms with van der Waals surface area (Å²) in [6.07, 6.45) is -39.6. The van der Waals surface area contributed by atoms with Crippen molar-refractivity contribution in [2.75, 3.05) is 109 Å². The predicted molar refractivity (Wildman–Crippen MR) is 471 cm³/mol. The van der Waals surface area contributed by atoms with E-state index < -0.39 is 449 Å². The highest BCUT2D eigenvalue weighted by Gasteiger charge is 2.47. The van der Waals surface area contributed by atoms with Gasteiger partial charge in [0.25, 0.3) is 0 Å². The molecule has 24 heteroatoms. The molecule has 0 radical (unpaired) electrons. The van der Waals surface area contributed by atoms with Gasteiger partial charge in [-0.2, -0.15) is 0 Å². The first-order valence-corrected chi connectivity index (χ1v) is 39.2. The third-order valence-electron chi connectivity index (χ3n) is 18.9. The summed E-state index contributed by atoms with van der Waals surface area (Å²) < 4.78 is 543. The number of nitrogens with two attached hydrogens (primary N) is 4. The molecule has 8 aliphatic heterocycles. The van der Waals surface area contributed by atoms with E-state index in [4.69, 9.17) is 126 Å². The van der Waals surface area contributed by atoms with Crippen LogP contribution >= 0.6 is 0 Å². The third kappa shape index (κ3) is 23.8. The molecule has 12 rings (SSSR count). The van der Waals surface area contributed by atoms with Crippen LogP contribution in [0.3, 0.4) is 0 Å². The number of esters is 4. The van der Waals surface area contributed by atoms with E-state index in [0.29, 0.717) is 0 Å². The lowest BCUT2D eigenvalue weighted by Crippen LogP contribution is -2.51. The van der Waals surface area contributed by atoms with Crippen LogP contribution in [0.5, 0.6) is 46.0 Å². The Morgan fingerprint density at radius 3 is 0.692 bits per heavy atom. The van der Waals surface area contributed by atoms with Crippen molar-refractivity contribution in [1.29, 1.82) is 0 Å². The van der Waals surface area contributed by atoms with Crippen molar-refractivity contribution < 1.29 is 150 Å². The first-order chi connectivity index (χ1) is 77.8. The molecule has 0 bridgehead atoms. The van der Waals surface area contributed by atoms with Gasteiger partial charge in [-0.1, -0.05) is 111 Å². The number of hydrogen-bond donors (Lipinski definition) is 4. The van der Waals surface area contributed by atoms with Crippen molar-refractivity contribution in [3.8, 4) is 46.0 Å². The highest BCUT2D eigenvalue weighted by molar-refractivity contribution is 5.77. The first kappa shape index (κ1) is 46.2. The Labute approximate surface area is 794 Å². The Balaban J connectivity index is 0.000000254. The second-order valence-electron chi connectivity index (χ2n) is 31.6. The zero-order chi connectivity index (χ0) is 136. The summed E-state index contributed by atoms with van der Waals surface area (Å²) in [5.41, 5.74) is 15.6. The predicted octanol–water partition coefficient (Wildman–Crippen LogP) is 14.3. The molecule has 8 N–H and O–H groups in total. The molecule has 0 saturated carbocycles. The molecule has 0 aliphatic carbocycles. The van der Waals surface area contributed by atoms with Gasteiger partial charge in [0.05, 0.1) is 81.4 Å². The molecule has 8 heterocycles. The van der Waals surface area contributed by atoms with Crippen LogP contribution in [0.2, 0.25) is 0 Å². The molecule has 4 saturated heterocycles. The quantitative estimate of drug-likeness (QED) is 0.0303. The summed E-state index contributed by atoms with van der Waals surface area (Å²) in [4.78, 5) is 52.4. The maximum Gasteiger partial charge on any atom is 0.323 e. The van der Waals surface area contributed by atoms with Gasteiger partial charge in [-0.3, -0.25) is 38.8 Å². The highest BCUT2D eigenvalue weighted by atomic mass is 16.6. The normalized spacial score (nSPS) is 43.3. The monoisotopic (exact) mass is 1730 g/mol. The Morgan fingerprint density at radius 2 is 0.525 bits per heavy atom. The summed E-state index contributed by atoms with van der Waals surface area (Å²) in [5.74, 6) is -26.4. The Morgan fingerprint density at radius 1 is 0.342 bits per heavy atom. The van der Waals surface area contributed by atoms with Gasteiger partial charge in [0, 0.05) is 174 Å². The van der Waals surface area contributed by atoms with Crippen LogP contribution < -0.4 is 60.8 Å². The van der Waals surface area contributed by atoms with Gasteiger partial charge in [0.2, 0.25) is 0 Å². The molecular weight excluding hydrogens is 1520 g/mol. The zero-order valence-corrected chi connectivity index (χ0v) is 71.7. The second-order valence-corrected chi connectivity index (χ2v) is 31.6. The highest BCUT2D eigenvalue weighted by Crippen LogP contribution is 2.50. The lowest BCUT2D eigenvalue weighted by molar-refractivity contribution is -0.161. The van der Waals surface area contributed by atoms with Crippen LogP contribution in [0.15, 0.2) is 48.3 Å². The number of methoxy groups -OCH3 is 8. The van der Waals surface area contributed by atoms with Gasteiger partial charge in [-0.15, -0.1) is 0 Å². The molecule has 0 aromatic heterocycles. The number of rotatable bonds is 28. The van der Waals surface area contributed by atoms with Crippen LogP contribution in [0, 0.1) is 70.9 Å². The van der Waals surface area contributed by atoms with Gasteiger partial charge < -0.3 is 79.8 Å². The molecule has 0 amide bonds. The summed E-state index contributed by atoms with van der Waals surface area (Å²) in [7, 11) is -0.298. The van der Waals surface area contributed by atoms with Crippen LogP contribution in [-0.4, -0.2) is 201 Å². The molecule has 24 nitrogen and oxygen atoms in total. The number of piperidine rings is 4. The van der Waals surface area contributed by atoms with Gasteiger partial charge in [0.1, 0.15) is 48.6 Å². The summed E-state index contributed by atoms with van der Waals surface area (Å²) >= 11 is 0. The Kier molecular flexibility index (Phi) is 16.9. The maximum atomic E-state index is 13.2. The standard InChI is InChI=1S/4C24H38N2O4/c4*1-14(2)9-17-13-26-8-7-16-10-21(28-5)22(29-6)11-18(16)19(26)12-20(17)30-24(27)23(25)15(3)4/h4*10-11,14-15,17,19-20,23H,7-9,12-13,25H2,1-6H3/t4*17?,19?,20?,23-/m0000/s1/i2*5D3,7D2,8D2,10D,11D,12D2,13D2,17D,19D;2*7D2,8D2,10D,11D,12D2,13D2,17D,19D. The average molecular weight is 1730 g/mol. The number of carbonyl (C=O) groups excluding carboxylic acids is 4. The van der Waals surface area contributed by atoms with Crippen molar-refractivity contribution in [3.05, 3.63) is 92.8 Å². The summed E-state index contributed by atoms with van der Waals surface area (Å²) in [5, 5.41) is 0. The van der Waals surface area contributed by atoms with Crippen LogP contribution in [-0.2, 0) is 63.6 Å². The smallest absolute Gasteiger partial charge is 0.323 e. The molecule has 8 aliphatic rings. The number of benzene rings is 4. The minimum Gasteiger partial charge on any atom is -0.493 e. The Bertz CT molecular complexity index is 6400. The molecule has 4 fully saturated rings. The van der Waals surface area contributed by atoms with E-state index in [1.165, 1.54) is 0 Å². The van der Waals surface area contributed by atoms with Crippen molar-refractivity contribution in [3.63, 3.8) is 0 Å². The topological polar surface area (TPSA) is 296 Å². The van der Waals surface area contributed by atoms with Crippen molar-refractivity contribution in [2.24, 2.45) is 93.9 Å². The van der Waals surface area contributed by atoms with Gasteiger partial charge in [0.15, 0.2) is 46.0 Å². The van der Waals surface area contributed by atoms with Crippen LogP contribution in [0.1, 0.15) is 305 Å². The van der Waals surface area contributed by atoms with Crippen molar-refractivity contribution in [2.45, 2.75) is 260 Å². The fourth-order valence-electron chi connectivity index (χ4n) is 12.2. The maximum absolute atomic E-state index is 13.2. The van der Waals surface area contributed by atoms with Gasteiger partial charge in [-0.05, 0) is 191 Å². The molecular formula is C96H152N8O16. The number of carbonyl (C=O) groups is 4. The lowest BCUT2D eigenvalue weighted by atomic mass is 9.79. The van der Waals surface area contributed by atoms with E-state index in [1.807, 2.05) is 0 Å². The van der Waals surface area contributed by atoms with Crippen molar-refractivity contribution in [1.82, 2.24) is 19.6 Å². The van der Waals surface area contributed by atoms with Crippen LogP contribution in [0.4, 0.5) is 0 Å². The minimum absolute atomic E-state index is 0.0131. The molecule has 16 atom stereocenters. The van der Waals surface area contributed by atoms with E-state index in [0.717, 1.165) is 42.7 Å². The molecule has 4 aromatic carbocycles. The Hall–Kier alpha value is -7.16. The molecule has 120 heavy (non-hydrogen) atoms. The molecule has 4 aromatic rings. The SMILES string of the molecule is [2H]c1c(OC([2H])([2H])[2H])c(OC)c([2H])c2c1C([2H])([2H])C([2H])([2H])N1C([2H])([2H])C([2H])(CC(C)C)C(OC(=O)[C@@H](N)C(C)C)C([2H])([2H])C21[2H].[2H]c1c(OC([2H])([2H])[2H])c(OC)c([2H])c2c1C([2H])([2H])C([2H])([2H])N1C([2H])([2H])C([2H])(CC(C)C)C(OC(=O)[C@@H](N)C(C)C)C([2H])([2H])C21[2H].[2H]c1c(OC)c(OC)c([2H])c2c1C([2H])([2H])C([2H])([2H])N1C([2H])([2H])C([2H])(CC(C)C)C(OC(=O)[C@@H](N)C(C)C)C([2H])([2H])C21[2H].[2H]c1c(OC)c(OC)c([2H])c2c1C([2H])([2H])C([2H])([2H])N1C([2H])([2H])C([2H])(CC(C)C)C(OC(=O)[C@@H](N)C(C)C)C([2H])([2H])C21[2H]. The zero-order valence-electron chi connectivity index (χ0n) is 126. The van der Waals surface area contributed by atoms with E-state index >= 15 is 0 Å². The van der Waals surface area contributed by atoms with Gasteiger partial charge in [-0.25, -0.2) is 0 Å². The summed E-state index contributed by atoms with van der Waals surface area (Å²) in [6, 6.07) is -27.2. The fourth-order valence-corrected chi connectivity index (χ4v) is 12.2. The van der Waals surface area contributed by atoms with Crippen LogP contribution in [0.25, 0.3) is 0 Å². The fraction of sp³-hybridized carbons (Fsp3) is 0.708. The number of ether oxygens (including phenoxy) is 12. The van der Waals surface area contributed by atoms with E-state index in [1.54, 1.807) is 111 Å².